The zero-order chi connectivity index (χ0) is 20.2. The van der Waals surface area contributed by atoms with Crippen molar-refractivity contribution >= 4 is 22.8 Å². The van der Waals surface area contributed by atoms with Gasteiger partial charge in [0.2, 0.25) is 11.8 Å². The third kappa shape index (κ3) is 4.26. The van der Waals surface area contributed by atoms with E-state index in [-0.39, 0.29) is 17.7 Å². The van der Waals surface area contributed by atoms with Gasteiger partial charge in [-0.3, -0.25) is 14.6 Å². The minimum absolute atomic E-state index is 0.0618. The molecule has 1 aliphatic heterocycles. The lowest BCUT2D eigenvalue weighted by molar-refractivity contribution is -0.129. The number of fused-ring (bicyclic) bond motifs is 1. The van der Waals surface area contributed by atoms with Crippen molar-refractivity contribution in [2.75, 3.05) is 19.6 Å². The van der Waals surface area contributed by atoms with Gasteiger partial charge in [-0.1, -0.05) is 6.07 Å². The molecule has 29 heavy (non-hydrogen) atoms. The van der Waals surface area contributed by atoms with Crippen LogP contribution < -0.4 is 5.32 Å². The molecule has 4 rings (SSSR count). The van der Waals surface area contributed by atoms with Crippen molar-refractivity contribution in [2.45, 2.75) is 32.2 Å². The van der Waals surface area contributed by atoms with Gasteiger partial charge >= 0.3 is 0 Å². The second kappa shape index (κ2) is 8.38. The molecule has 1 fully saturated rings. The molecule has 3 aromatic heterocycles. The molecule has 0 radical (unpaired) electrons. The summed E-state index contributed by atoms with van der Waals surface area (Å²) >= 11 is 0. The first-order valence-electron chi connectivity index (χ1n) is 9.84. The zero-order valence-corrected chi connectivity index (χ0v) is 16.4. The van der Waals surface area contributed by atoms with E-state index in [1.165, 1.54) is 6.92 Å². The van der Waals surface area contributed by atoms with Crippen molar-refractivity contribution in [3.05, 3.63) is 54.1 Å². The molecular weight excluding hydrogens is 368 g/mol. The topological polar surface area (TPSA) is 93.0 Å². The van der Waals surface area contributed by atoms with Crippen LogP contribution in [0.5, 0.6) is 0 Å². The van der Waals surface area contributed by atoms with Gasteiger partial charge in [0.25, 0.3) is 0 Å². The van der Waals surface area contributed by atoms with Gasteiger partial charge in [0.1, 0.15) is 0 Å². The predicted molar refractivity (Wildman–Crippen MR) is 108 cm³/mol. The van der Waals surface area contributed by atoms with Gasteiger partial charge in [0.05, 0.1) is 18.7 Å². The molecule has 0 unspecified atom stereocenters. The Morgan fingerprint density at radius 1 is 1.24 bits per heavy atom. The first-order valence-corrected chi connectivity index (χ1v) is 9.84. The first kappa shape index (κ1) is 19.0. The third-order valence-electron chi connectivity index (χ3n) is 5.24. The summed E-state index contributed by atoms with van der Waals surface area (Å²) in [7, 11) is 0. The smallest absolute Gasteiger partial charge is 0.227 e. The number of nitrogens with one attached hydrogen (secondary N) is 1. The SMILES string of the molecule is CC(=O)NCCn1nc([C@@H]2CCN(C(=O)Cc3cccnc3)C2)c2cccnc21. The standard InChI is InChI=1S/C21H24N6O2/c1-15(28)23-9-11-27-21-18(5-3-8-24-21)20(25-27)17-6-10-26(14-17)19(29)12-16-4-2-7-22-13-16/h2-5,7-8,13,17H,6,9-12,14H2,1H3,(H,23,28)/t17-/m1/s1. The summed E-state index contributed by atoms with van der Waals surface area (Å²) < 4.78 is 1.85. The molecule has 2 amide bonds. The fourth-order valence-corrected chi connectivity index (χ4v) is 3.83. The van der Waals surface area contributed by atoms with Gasteiger partial charge in [-0.05, 0) is 30.2 Å². The molecule has 1 atom stereocenters. The summed E-state index contributed by atoms with van der Waals surface area (Å²) in [6, 6.07) is 7.71. The van der Waals surface area contributed by atoms with Crippen LogP contribution in [0.4, 0.5) is 0 Å². The molecule has 0 bridgehead atoms. The molecule has 8 nitrogen and oxygen atoms in total. The van der Waals surface area contributed by atoms with Crippen molar-refractivity contribution in [3.8, 4) is 0 Å². The van der Waals surface area contributed by atoms with E-state index >= 15 is 0 Å². The maximum atomic E-state index is 12.7. The number of carbonyl (C=O) groups is 2. The van der Waals surface area contributed by atoms with Crippen LogP contribution in [-0.4, -0.2) is 56.1 Å². The van der Waals surface area contributed by atoms with Gasteiger partial charge in [0.15, 0.2) is 5.65 Å². The molecule has 150 valence electrons. The third-order valence-corrected chi connectivity index (χ3v) is 5.24. The van der Waals surface area contributed by atoms with Gasteiger partial charge in [-0.25, -0.2) is 9.67 Å². The quantitative estimate of drug-likeness (QED) is 0.687. The van der Waals surface area contributed by atoms with Crippen LogP contribution in [0.3, 0.4) is 0 Å². The summed E-state index contributed by atoms with van der Waals surface area (Å²) in [5, 5.41) is 8.61. The van der Waals surface area contributed by atoms with Gasteiger partial charge in [-0.15, -0.1) is 0 Å². The van der Waals surface area contributed by atoms with Crippen LogP contribution in [0.15, 0.2) is 42.9 Å². The molecule has 0 aromatic carbocycles. The number of likely N-dealkylation sites (tertiary alicyclic amines) is 1. The number of hydrogen-bond donors (Lipinski definition) is 1. The highest BCUT2D eigenvalue weighted by Crippen LogP contribution is 2.31. The van der Waals surface area contributed by atoms with E-state index in [9.17, 15) is 9.59 Å². The Morgan fingerprint density at radius 2 is 2.10 bits per heavy atom. The summed E-state index contributed by atoms with van der Waals surface area (Å²) in [5.74, 6) is 0.239. The van der Waals surface area contributed by atoms with E-state index < -0.39 is 0 Å². The lowest BCUT2D eigenvalue weighted by Crippen LogP contribution is -2.30. The van der Waals surface area contributed by atoms with Crippen molar-refractivity contribution in [3.63, 3.8) is 0 Å². The van der Waals surface area contributed by atoms with E-state index in [4.69, 9.17) is 5.10 Å². The minimum atomic E-state index is -0.0618. The highest BCUT2D eigenvalue weighted by molar-refractivity contribution is 5.81. The number of carbonyl (C=O) groups excluding carboxylic acids is 2. The molecule has 0 aliphatic carbocycles. The molecule has 0 saturated carbocycles. The van der Waals surface area contributed by atoms with Crippen LogP contribution >= 0.6 is 0 Å². The van der Waals surface area contributed by atoms with Crippen molar-refractivity contribution in [1.29, 1.82) is 0 Å². The van der Waals surface area contributed by atoms with E-state index in [0.29, 0.717) is 26.1 Å². The number of hydrogen-bond acceptors (Lipinski definition) is 5. The van der Waals surface area contributed by atoms with E-state index in [1.54, 1.807) is 18.6 Å². The Labute approximate surface area is 168 Å². The summed E-state index contributed by atoms with van der Waals surface area (Å²) in [6.07, 6.45) is 6.45. The molecule has 8 heteroatoms. The Kier molecular flexibility index (Phi) is 5.50. The Hall–Kier alpha value is -3.29. The second-order valence-electron chi connectivity index (χ2n) is 7.33. The Morgan fingerprint density at radius 3 is 2.90 bits per heavy atom. The van der Waals surface area contributed by atoms with Gasteiger partial charge < -0.3 is 10.2 Å². The van der Waals surface area contributed by atoms with E-state index in [0.717, 1.165) is 35.3 Å². The summed E-state index contributed by atoms with van der Waals surface area (Å²) in [6.45, 7) is 3.95. The lowest BCUT2D eigenvalue weighted by Gasteiger charge is -2.16. The predicted octanol–water partition coefficient (Wildman–Crippen LogP) is 1.52. The number of aromatic nitrogens is 4. The first-order chi connectivity index (χ1) is 14.1. The maximum Gasteiger partial charge on any atom is 0.227 e. The number of rotatable bonds is 6. The van der Waals surface area contributed by atoms with Crippen LogP contribution in [-0.2, 0) is 22.6 Å². The van der Waals surface area contributed by atoms with Crippen LogP contribution in [0, 0.1) is 0 Å². The summed E-state index contributed by atoms with van der Waals surface area (Å²) in [4.78, 5) is 34.3. The highest BCUT2D eigenvalue weighted by Gasteiger charge is 2.30. The van der Waals surface area contributed by atoms with Crippen molar-refractivity contribution < 1.29 is 9.59 Å². The number of pyridine rings is 2. The van der Waals surface area contributed by atoms with Crippen LogP contribution in [0.1, 0.15) is 30.5 Å². The molecule has 3 aromatic rings. The Balaban J connectivity index is 1.48. The van der Waals surface area contributed by atoms with Crippen molar-refractivity contribution in [2.24, 2.45) is 0 Å². The second-order valence-corrected chi connectivity index (χ2v) is 7.33. The molecule has 1 saturated heterocycles. The van der Waals surface area contributed by atoms with Crippen LogP contribution in [0.25, 0.3) is 11.0 Å². The van der Waals surface area contributed by atoms with Gasteiger partial charge in [0, 0.05) is 56.5 Å². The number of nitrogens with zero attached hydrogens (tertiary/aromatic N) is 5. The van der Waals surface area contributed by atoms with E-state index in [1.807, 2.05) is 33.8 Å². The fourth-order valence-electron chi connectivity index (χ4n) is 3.83. The largest absolute Gasteiger partial charge is 0.354 e. The zero-order valence-electron chi connectivity index (χ0n) is 16.4. The molecule has 1 aliphatic rings. The monoisotopic (exact) mass is 392 g/mol. The minimum Gasteiger partial charge on any atom is -0.354 e. The molecule has 1 N–H and O–H groups in total. The van der Waals surface area contributed by atoms with Crippen molar-refractivity contribution in [1.82, 2.24) is 30.0 Å². The normalized spacial score (nSPS) is 16.3. The average Bonchev–Trinajstić information content (AvgIpc) is 3.34. The molecule has 4 heterocycles. The maximum absolute atomic E-state index is 12.7. The molecular formula is C21H24N6O2. The van der Waals surface area contributed by atoms with Gasteiger partial charge in [-0.2, -0.15) is 5.10 Å². The number of amides is 2. The summed E-state index contributed by atoms with van der Waals surface area (Å²) in [5.41, 5.74) is 2.72. The lowest BCUT2D eigenvalue weighted by atomic mass is 10.0. The fraction of sp³-hybridized carbons (Fsp3) is 0.381. The average molecular weight is 392 g/mol. The van der Waals surface area contributed by atoms with E-state index in [2.05, 4.69) is 15.3 Å². The molecule has 0 spiro atoms. The Bertz CT molecular complexity index is 1020. The van der Waals surface area contributed by atoms with Crippen LogP contribution in [0.2, 0.25) is 0 Å². The highest BCUT2D eigenvalue weighted by atomic mass is 16.2.